The minimum atomic E-state index is -0.0499. The minimum Gasteiger partial charge on any atom is -0.497 e. The summed E-state index contributed by atoms with van der Waals surface area (Å²) in [5, 5.41) is 7.33. The molecule has 0 saturated carbocycles. The molecule has 0 aliphatic rings. The number of anilines is 1. The molecule has 0 aliphatic heterocycles. The molecule has 3 aromatic carbocycles. The van der Waals surface area contributed by atoms with Crippen LogP contribution >= 0.6 is 12.2 Å². The van der Waals surface area contributed by atoms with E-state index in [1.165, 1.54) is 0 Å². The number of thiocarbonyl (C=S) groups is 1. The summed E-state index contributed by atoms with van der Waals surface area (Å²) in [5.74, 6) is 0.834. The number of nitrogens with one attached hydrogen (secondary N) is 2. The molecule has 132 valence electrons. The molecule has 0 heterocycles. The zero-order chi connectivity index (χ0) is 18.4. The highest BCUT2D eigenvalue weighted by Gasteiger charge is 2.15. The Morgan fingerprint density at radius 2 is 1.46 bits per heavy atom. The van der Waals surface area contributed by atoms with Gasteiger partial charge in [-0.05, 0) is 54.0 Å². The van der Waals surface area contributed by atoms with Crippen molar-refractivity contribution in [2.45, 2.75) is 13.0 Å². The van der Waals surface area contributed by atoms with E-state index in [0.717, 1.165) is 28.1 Å². The molecule has 1 atom stereocenters. The average Bonchev–Trinajstić information content (AvgIpc) is 2.69. The zero-order valence-corrected chi connectivity index (χ0v) is 15.7. The maximum atomic E-state index is 5.57. The first-order valence-corrected chi connectivity index (χ1v) is 8.90. The lowest BCUT2D eigenvalue weighted by molar-refractivity contribution is 0.414. The molecule has 2 N–H and O–H groups in total. The number of benzene rings is 3. The fourth-order valence-electron chi connectivity index (χ4n) is 2.80. The molecule has 0 fully saturated rings. The molecule has 0 spiro atoms. The Labute approximate surface area is 160 Å². The molecule has 0 aliphatic carbocycles. The number of aryl methyl sites for hydroxylation is 1. The first kappa shape index (κ1) is 18.0. The van der Waals surface area contributed by atoms with E-state index in [-0.39, 0.29) is 6.04 Å². The summed E-state index contributed by atoms with van der Waals surface area (Å²) in [6.45, 7) is 2.06. The van der Waals surface area contributed by atoms with Gasteiger partial charge in [-0.3, -0.25) is 0 Å². The van der Waals surface area contributed by atoms with Crippen LogP contribution in [-0.4, -0.2) is 12.2 Å². The van der Waals surface area contributed by atoms with Crippen molar-refractivity contribution in [1.82, 2.24) is 5.32 Å². The second-order valence-electron chi connectivity index (χ2n) is 6.03. The molecule has 0 bridgehead atoms. The predicted octanol–water partition coefficient (Wildman–Crippen LogP) is 5.08. The topological polar surface area (TPSA) is 33.3 Å². The van der Waals surface area contributed by atoms with Crippen LogP contribution in [0.5, 0.6) is 5.75 Å². The minimum absolute atomic E-state index is 0.0499. The van der Waals surface area contributed by atoms with Gasteiger partial charge in [0.1, 0.15) is 5.75 Å². The van der Waals surface area contributed by atoms with Gasteiger partial charge in [0, 0.05) is 5.69 Å². The van der Waals surface area contributed by atoms with Crippen LogP contribution < -0.4 is 15.4 Å². The summed E-state index contributed by atoms with van der Waals surface area (Å²) in [6, 6.07) is 26.3. The highest BCUT2D eigenvalue weighted by molar-refractivity contribution is 7.80. The Kier molecular flexibility index (Phi) is 5.87. The van der Waals surface area contributed by atoms with E-state index in [9.17, 15) is 0 Å². The van der Waals surface area contributed by atoms with Gasteiger partial charge in [0.25, 0.3) is 0 Å². The molecular weight excluding hydrogens is 340 g/mol. The first-order valence-electron chi connectivity index (χ1n) is 8.49. The van der Waals surface area contributed by atoms with E-state index in [1.54, 1.807) is 7.11 Å². The molecule has 0 unspecified atom stereocenters. The van der Waals surface area contributed by atoms with Crippen LogP contribution in [0, 0.1) is 6.92 Å². The molecule has 3 aromatic rings. The van der Waals surface area contributed by atoms with Crippen molar-refractivity contribution in [2.75, 3.05) is 12.4 Å². The Bertz CT molecular complexity index is 863. The van der Waals surface area contributed by atoms with Crippen molar-refractivity contribution in [3.63, 3.8) is 0 Å². The van der Waals surface area contributed by atoms with Gasteiger partial charge in [-0.25, -0.2) is 0 Å². The van der Waals surface area contributed by atoms with Gasteiger partial charge in [-0.15, -0.1) is 0 Å². The van der Waals surface area contributed by atoms with Crippen molar-refractivity contribution in [3.05, 3.63) is 95.6 Å². The van der Waals surface area contributed by atoms with E-state index < -0.39 is 0 Å². The molecule has 0 radical (unpaired) electrons. The fraction of sp³-hybridized carbons (Fsp3) is 0.136. The summed E-state index contributed by atoms with van der Waals surface area (Å²) in [7, 11) is 1.67. The zero-order valence-electron chi connectivity index (χ0n) is 14.9. The van der Waals surface area contributed by atoms with Crippen LogP contribution in [0.25, 0.3) is 0 Å². The molecule has 4 heteroatoms. The standard InChI is InChI=1S/C22H22N2OS/c1-16-8-6-7-11-20(16)23-22(26)24-21(17-9-4-3-5-10-17)18-12-14-19(25-2)15-13-18/h3-15,21H,1-2H3,(H2,23,24,26)/t21-/m0/s1. The smallest absolute Gasteiger partial charge is 0.171 e. The lowest BCUT2D eigenvalue weighted by Crippen LogP contribution is -2.33. The van der Waals surface area contributed by atoms with Gasteiger partial charge >= 0.3 is 0 Å². The van der Waals surface area contributed by atoms with Crippen LogP contribution in [0.4, 0.5) is 5.69 Å². The number of methoxy groups -OCH3 is 1. The number of ether oxygens (including phenoxy) is 1. The van der Waals surface area contributed by atoms with Gasteiger partial charge in [0.2, 0.25) is 0 Å². The van der Waals surface area contributed by atoms with Crippen molar-refractivity contribution in [3.8, 4) is 5.75 Å². The number of para-hydroxylation sites is 1. The fourth-order valence-corrected chi connectivity index (χ4v) is 3.03. The SMILES string of the molecule is COc1ccc([C@@H](NC(=S)Nc2ccccc2C)c2ccccc2)cc1. The van der Waals surface area contributed by atoms with Crippen molar-refractivity contribution in [1.29, 1.82) is 0 Å². The first-order chi connectivity index (χ1) is 12.7. The summed E-state index contributed by atoms with van der Waals surface area (Å²) < 4.78 is 5.27. The quantitative estimate of drug-likeness (QED) is 0.620. The summed E-state index contributed by atoms with van der Waals surface area (Å²) >= 11 is 5.57. The normalized spacial score (nSPS) is 11.5. The highest BCUT2D eigenvalue weighted by atomic mass is 32.1. The van der Waals surface area contributed by atoms with Crippen molar-refractivity contribution >= 4 is 23.0 Å². The molecule has 0 amide bonds. The third-order valence-corrected chi connectivity index (χ3v) is 4.47. The van der Waals surface area contributed by atoms with Crippen molar-refractivity contribution in [2.24, 2.45) is 0 Å². The van der Waals surface area contributed by atoms with Crippen LogP contribution in [0.1, 0.15) is 22.7 Å². The van der Waals surface area contributed by atoms with E-state index in [1.807, 2.05) is 48.5 Å². The van der Waals surface area contributed by atoms with Crippen molar-refractivity contribution < 1.29 is 4.74 Å². The third kappa shape index (κ3) is 4.41. The lowest BCUT2D eigenvalue weighted by Gasteiger charge is -2.22. The maximum Gasteiger partial charge on any atom is 0.171 e. The number of rotatable bonds is 5. The largest absolute Gasteiger partial charge is 0.497 e. The molecule has 0 saturated heterocycles. The highest BCUT2D eigenvalue weighted by Crippen LogP contribution is 2.24. The van der Waals surface area contributed by atoms with Gasteiger partial charge < -0.3 is 15.4 Å². The second kappa shape index (κ2) is 8.50. The van der Waals surface area contributed by atoms with Crippen LogP contribution in [0.2, 0.25) is 0 Å². The lowest BCUT2D eigenvalue weighted by atomic mass is 9.99. The van der Waals surface area contributed by atoms with E-state index in [2.05, 4.69) is 47.9 Å². The van der Waals surface area contributed by atoms with Gasteiger partial charge in [0.05, 0.1) is 13.2 Å². The molecule has 26 heavy (non-hydrogen) atoms. The Morgan fingerprint density at radius 3 is 2.12 bits per heavy atom. The Balaban J connectivity index is 1.83. The maximum absolute atomic E-state index is 5.57. The van der Waals surface area contributed by atoms with E-state index in [0.29, 0.717) is 5.11 Å². The van der Waals surface area contributed by atoms with E-state index >= 15 is 0 Å². The summed E-state index contributed by atoms with van der Waals surface area (Å²) in [5.41, 5.74) is 4.42. The summed E-state index contributed by atoms with van der Waals surface area (Å²) in [4.78, 5) is 0. The van der Waals surface area contributed by atoms with Crippen LogP contribution in [0.15, 0.2) is 78.9 Å². The molecular formula is C22H22N2OS. The average molecular weight is 362 g/mol. The summed E-state index contributed by atoms with van der Waals surface area (Å²) in [6.07, 6.45) is 0. The number of hydrogen-bond donors (Lipinski definition) is 2. The molecule has 0 aromatic heterocycles. The van der Waals surface area contributed by atoms with Gasteiger partial charge in [-0.2, -0.15) is 0 Å². The predicted molar refractivity (Wildman–Crippen MR) is 112 cm³/mol. The number of hydrogen-bond acceptors (Lipinski definition) is 2. The third-order valence-electron chi connectivity index (χ3n) is 4.25. The van der Waals surface area contributed by atoms with Gasteiger partial charge in [-0.1, -0.05) is 60.7 Å². The van der Waals surface area contributed by atoms with Gasteiger partial charge in [0.15, 0.2) is 5.11 Å². The Hall–Kier alpha value is -2.85. The molecule has 3 nitrogen and oxygen atoms in total. The van der Waals surface area contributed by atoms with Crippen LogP contribution in [0.3, 0.4) is 0 Å². The van der Waals surface area contributed by atoms with E-state index in [4.69, 9.17) is 17.0 Å². The Morgan fingerprint density at radius 1 is 0.846 bits per heavy atom. The van der Waals surface area contributed by atoms with Crippen LogP contribution in [-0.2, 0) is 0 Å². The second-order valence-corrected chi connectivity index (χ2v) is 6.44. The molecule has 3 rings (SSSR count). The monoisotopic (exact) mass is 362 g/mol.